The summed E-state index contributed by atoms with van der Waals surface area (Å²) in [4.78, 5) is 0. The van der Waals surface area contributed by atoms with E-state index in [9.17, 15) is 0 Å². The molecule has 13 rings (SSSR count). The maximum absolute atomic E-state index is 2.54. The molecule has 0 bridgehead atoms. The highest BCUT2D eigenvalue weighted by atomic mass is 32.1. The molecule has 0 atom stereocenters. The van der Waals surface area contributed by atoms with Crippen LogP contribution in [0.2, 0.25) is 0 Å². The zero-order valence-corrected chi connectivity index (χ0v) is 30.4. The monoisotopic (exact) mass is 714 g/mol. The highest BCUT2D eigenvalue weighted by Gasteiger charge is 2.25. The van der Waals surface area contributed by atoms with Crippen LogP contribution in [0.1, 0.15) is 0 Å². The molecule has 0 unspecified atom stereocenters. The standard InChI is InChI=1S/C52H30N2S/c1-2-12-31(13-3-1)34-24-25-37-42-30-46-50(51-39-17-7-10-20-44(39)54(52(42)51)45(37)27-34)38-16-6-9-19-43(38)53(46)36-28-41(35-23-22-32-14-4-5-15-33(32)26-35)49-40-18-8-11-21-47(40)55-48(49)29-36/h1-30H. The molecule has 0 saturated carbocycles. The minimum atomic E-state index is 1.18. The van der Waals surface area contributed by atoms with Gasteiger partial charge in [-0.1, -0.05) is 133 Å². The van der Waals surface area contributed by atoms with Gasteiger partial charge in [0.25, 0.3) is 0 Å². The van der Waals surface area contributed by atoms with Crippen molar-refractivity contribution in [1.29, 1.82) is 0 Å². The lowest BCUT2D eigenvalue weighted by Crippen LogP contribution is -1.95. The summed E-state index contributed by atoms with van der Waals surface area (Å²) in [6.45, 7) is 0. The van der Waals surface area contributed by atoms with Crippen molar-refractivity contribution in [3.8, 4) is 27.9 Å². The van der Waals surface area contributed by atoms with Crippen LogP contribution in [-0.2, 0) is 0 Å². The molecule has 0 N–H and O–H groups in total. The summed E-state index contributed by atoms with van der Waals surface area (Å²) in [5.74, 6) is 0. The van der Waals surface area contributed by atoms with Crippen LogP contribution in [-0.4, -0.2) is 8.97 Å². The number of fused-ring (bicyclic) bond motifs is 14. The van der Waals surface area contributed by atoms with E-state index >= 15 is 0 Å². The van der Waals surface area contributed by atoms with Crippen molar-refractivity contribution in [3.63, 3.8) is 0 Å². The molecule has 0 aliphatic heterocycles. The van der Waals surface area contributed by atoms with Gasteiger partial charge in [-0.3, -0.25) is 0 Å². The second-order valence-corrected chi connectivity index (χ2v) is 16.0. The largest absolute Gasteiger partial charge is 0.309 e. The maximum atomic E-state index is 2.54. The summed E-state index contributed by atoms with van der Waals surface area (Å²) in [6.07, 6.45) is 0. The molecule has 0 fully saturated rings. The summed E-state index contributed by atoms with van der Waals surface area (Å²) in [7, 11) is 0. The minimum Gasteiger partial charge on any atom is -0.309 e. The van der Waals surface area contributed by atoms with Crippen LogP contribution >= 0.6 is 11.3 Å². The lowest BCUT2D eigenvalue weighted by Gasteiger charge is -2.13. The van der Waals surface area contributed by atoms with Crippen molar-refractivity contribution in [2.24, 2.45) is 0 Å². The predicted octanol–water partition coefficient (Wildman–Crippen LogP) is 14.8. The first-order chi connectivity index (χ1) is 27.3. The third-order valence-corrected chi connectivity index (χ3v) is 13.1. The third kappa shape index (κ3) is 3.97. The summed E-state index contributed by atoms with van der Waals surface area (Å²) in [6, 6.07) is 67.6. The zero-order valence-electron chi connectivity index (χ0n) is 29.6. The molecule has 4 heterocycles. The van der Waals surface area contributed by atoms with E-state index in [1.54, 1.807) is 0 Å². The Kier molecular flexibility index (Phi) is 5.80. The van der Waals surface area contributed by atoms with Crippen LogP contribution < -0.4 is 0 Å². The molecule has 9 aromatic carbocycles. The van der Waals surface area contributed by atoms with Crippen molar-refractivity contribution in [2.75, 3.05) is 0 Å². The van der Waals surface area contributed by atoms with Gasteiger partial charge in [0.15, 0.2) is 0 Å². The van der Waals surface area contributed by atoms with Crippen LogP contribution in [0.3, 0.4) is 0 Å². The predicted molar refractivity (Wildman–Crippen MR) is 237 cm³/mol. The molecule has 0 amide bonds. The number of hydrogen-bond acceptors (Lipinski definition) is 1. The fourth-order valence-corrected chi connectivity index (χ4v) is 10.8. The summed E-state index contributed by atoms with van der Waals surface area (Å²) in [5, 5.41) is 12.9. The average molecular weight is 715 g/mol. The van der Waals surface area contributed by atoms with Gasteiger partial charge >= 0.3 is 0 Å². The quantitative estimate of drug-likeness (QED) is 0.172. The Morgan fingerprint density at radius 1 is 0.345 bits per heavy atom. The molecule has 0 spiro atoms. The molecule has 2 nitrogen and oxygen atoms in total. The molecule has 0 saturated heterocycles. The van der Waals surface area contributed by atoms with E-state index in [4.69, 9.17) is 0 Å². The van der Waals surface area contributed by atoms with Gasteiger partial charge < -0.3 is 8.97 Å². The van der Waals surface area contributed by atoms with Crippen molar-refractivity contribution in [1.82, 2.24) is 8.97 Å². The second-order valence-electron chi connectivity index (χ2n) is 14.9. The van der Waals surface area contributed by atoms with Gasteiger partial charge in [-0.05, 0) is 81.6 Å². The molecule has 4 aromatic heterocycles. The highest BCUT2D eigenvalue weighted by molar-refractivity contribution is 7.26. The Bertz CT molecular complexity index is 3710. The Balaban J connectivity index is 1.19. The smallest absolute Gasteiger partial charge is 0.0628 e. The lowest BCUT2D eigenvalue weighted by atomic mass is 9.96. The Labute approximate surface area is 319 Å². The molecule has 13 aromatic rings. The van der Waals surface area contributed by atoms with Gasteiger partial charge in [-0.2, -0.15) is 0 Å². The SMILES string of the molecule is c1ccc(-c2ccc3c4cc5c(c6ccccc6n5-c5cc(-c6ccc7ccccc7c6)c6c(c5)sc5ccccc56)c5c6ccccc6n(c3c2)c45)cc1. The van der Waals surface area contributed by atoms with E-state index in [2.05, 4.69) is 191 Å². The minimum absolute atomic E-state index is 1.18. The number of aromatic nitrogens is 2. The van der Waals surface area contributed by atoms with Gasteiger partial charge in [0, 0.05) is 58.2 Å². The first kappa shape index (κ1) is 29.5. The van der Waals surface area contributed by atoms with Crippen LogP contribution in [0, 0.1) is 0 Å². The average Bonchev–Trinajstić information content (AvgIpc) is 3.98. The summed E-state index contributed by atoms with van der Waals surface area (Å²) < 4.78 is 7.67. The maximum Gasteiger partial charge on any atom is 0.0628 e. The van der Waals surface area contributed by atoms with Crippen LogP contribution in [0.4, 0.5) is 0 Å². The lowest BCUT2D eigenvalue weighted by molar-refractivity contribution is 1.19. The van der Waals surface area contributed by atoms with Crippen molar-refractivity contribution >= 4 is 102 Å². The van der Waals surface area contributed by atoms with E-state index in [-0.39, 0.29) is 0 Å². The van der Waals surface area contributed by atoms with Crippen molar-refractivity contribution < 1.29 is 0 Å². The number of hydrogen-bond donors (Lipinski definition) is 0. The molecular weight excluding hydrogens is 685 g/mol. The van der Waals surface area contributed by atoms with E-state index in [1.807, 2.05) is 11.3 Å². The molecule has 3 heteroatoms. The molecule has 0 radical (unpaired) electrons. The molecule has 0 aliphatic rings. The first-order valence-corrected chi connectivity index (χ1v) is 19.7. The molecule has 0 aliphatic carbocycles. The zero-order chi connectivity index (χ0) is 35.8. The van der Waals surface area contributed by atoms with Gasteiger partial charge in [-0.15, -0.1) is 11.3 Å². The number of para-hydroxylation sites is 2. The van der Waals surface area contributed by atoms with Crippen molar-refractivity contribution in [3.05, 3.63) is 182 Å². The van der Waals surface area contributed by atoms with Gasteiger partial charge in [0.05, 0.1) is 27.6 Å². The van der Waals surface area contributed by atoms with Crippen LogP contribution in [0.15, 0.2) is 182 Å². The molecule has 55 heavy (non-hydrogen) atoms. The van der Waals surface area contributed by atoms with Crippen LogP contribution in [0.5, 0.6) is 0 Å². The van der Waals surface area contributed by atoms with E-state index in [0.717, 1.165) is 0 Å². The Morgan fingerprint density at radius 3 is 1.93 bits per heavy atom. The normalized spacial score (nSPS) is 12.4. The van der Waals surface area contributed by atoms with Gasteiger partial charge in [0.2, 0.25) is 0 Å². The van der Waals surface area contributed by atoms with E-state index in [1.165, 1.54) is 119 Å². The number of thiophene rings is 1. The number of nitrogens with zero attached hydrogens (tertiary/aromatic N) is 2. The fraction of sp³-hybridized carbons (Fsp3) is 0. The Hall–Kier alpha value is -6.94. The van der Waals surface area contributed by atoms with Crippen molar-refractivity contribution in [2.45, 2.75) is 0 Å². The Morgan fingerprint density at radius 2 is 1.05 bits per heavy atom. The molecular formula is C52H30N2S. The topological polar surface area (TPSA) is 9.34 Å². The third-order valence-electron chi connectivity index (χ3n) is 12.0. The number of rotatable bonds is 3. The fourth-order valence-electron chi connectivity index (χ4n) is 9.65. The summed E-state index contributed by atoms with van der Waals surface area (Å²) in [5.41, 5.74) is 12.4. The first-order valence-electron chi connectivity index (χ1n) is 18.9. The van der Waals surface area contributed by atoms with Crippen LogP contribution in [0.25, 0.3) is 119 Å². The summed E-state index contributed by atoms with van der Waals surface area (Å²) >= 11 is 1.89. The van der Waals surface area contributed by atoms with E-state index < -0.39 is 0 Å². The molecule has 254 valence electrons. The van der Waals surface area contributed by atoms with Gasteiger partial charge in [-0.25, -0.2) is 0 Å². The highest BCUT2D eigenvalue weighted by Crippen LogP contribution is 2.48. The number of benzene rings is 9. The van der Waals surface area contributed by atoms with E-state index in [0.29, 0.717) is 0 Å². The van der Waals surface area contributed by atoms with Gasteiger partial charge in [0.1, 0.15) is 0 Å². The second kappa shape index (κ2) is 10.8.